The van der Waals surface area contributed by atoms with E-state index >= 15 is 0 Å². The molecule has 0 aliphatic heterocycles. The average Bonchev–Trinajstić information content (AvgIpc) is 2.61. The molecule has 0 spiro atoms. The number of anilines is 1. The summed E-state index contributed by atoms with van der Waals surface area (Å²) in [5, 5.41) is 11.3. The monoisotopic (exact) mass is 380 g/mol. The highest BCUT2D eigenvalue weighted by atomic mass is 19.3. The fraction of sp³-hybridized carbons (Fsp3) is 0.111. The molecule has 0 unspecified atom stereocenters. The van der Waals surface area contributed by atoms with Gasteiger partial charge in [0.2, 0.25) is 0 Å². The summed E-state index contributed by atoms with van der Waals surface area (Å²) in [6, 6.07) is 8.00. The van der Waals surface area contributed by atoms with Gasteiger partial charge in [-0.25, -0.2) is 8.78 Å². The smallest absolute Gasteiger partial charge is 0.387 e. The Morgan fingerprint density at radius 1 is 1.19 bits per heavy atom. The lowest BCUT2D eigenvalue weighted by atomic mass is 10.1. The number of nitrogens with one attached hydrogen (secondary N) is 1. The van der Waals surface area contributed by atoms with Crippen LogP contribution in [0.3, 0.4) is 0 Å². The van der Waals surface area contributed by atoms with Gasteiger partial charge in [-0.2, -0.15) is 14.0 Å². The van der Waals surface area contributed by atoms with Crippen molar-refractivity contribution in [2.75, 3.05) is 12.4 Å². The molecule has 0 aliphatic carbocycles. The highest BCUT2D eigenvalue weighted by molar-refractivity contribution is 6.09. The number of amides is 1. The maximum Gasteiger partial charge on any atom is 0.387 e. The minimum atomic E-state index is -3.10. The van der Waals surface area contributed by atoms with Crippen molar-refractivity contribution in [3.8, 4) is 17.6 Å². The normalized spacial score (nSPS) is 11.1. The minimum absolute atomic E-state index is 0.0313. The van der Waals surface area contributed by atoms with Gasteiger partial charge in [-0.15, -0.1) is 0 Å². The molecule has 5 nitrogen and oxygen atoms in total. The van der Waals surface area contributed by atoms with Crippen molar-refractivity contribution >= 4 is 17.7 Å². The molecule has 27 heavy (non-hydrogen) atoms. The van der Waals surface area contributed by atoms with Crippen molar-refractivity contribution in [3.05, 3.63) is 59.2 Å². The van der Waals surface area contributed by atoms with Crippen molar-refractivity contribution in [1.29, 1.82) is 5.26 Å². The second-order valence-electron chi connectivity index (χ2n) is 5.04. The van der Waals surface area contributed by atoms with Gasteiger partial charge in [0.25, 0.3) is 5.91 Å². The molecule has 0 heterocycles. The van der Waals surface area contributed by atoms with Crippen LogP contribution >= 0.6 is 0 Å². The minimum Gasteiger partial charge on any atom is -0.493 e. The molecule has 2 rings (SSSR count). The van der Waals surface area contributed by atoms with Gasteiger partial charge >= 0.3 is 6.61 Å². The van der Waals surface area contributed by atoms with E-state index in [9.17, 15) is 22.4 Å². The van der Waals surface area contributed by atoms with Gasteiger partial charge in [0.05, 0.1) is 12.8 Å². The molecule has 1 amide bonds. The summed E-state index contributed by atoms with van der Waals surface area (Å²) in [6.45, 7) is -3.10. The maximum absolute atomic E-state index is 13.6. The van der Waals surface area contributed by atoms with Gasteiger partial charge < -0.3 is 14.8 Å². The third-order valence-electron chi connectivity index (χ3n) is 3.26. The number of methoxy groups -OCH3 is 1. The number of carbonyl (C=O) groups is 1. The molecule has 0 saturated carbocycles. The standard InChI is InChI=1S/C18H12F4N2O3/c1-26-15-5-2-10(7-16(15)27-18(21)22)6-11(9-23)17(25)24-14-4-3-12(19)8-13(14)20/h2-8,18H,1H3,(H,24,25)/b11-6+. The van der Waals surface area contributed by atoms with E-state index in [-0.39, 0.29) is 22.7 Å². The lowest BCUT2D eigenvalue weighted by molar-refractivity contribution is -0.112. The topological polar surface area (TPSA) is 71.3 Å². The van der Waals surface area contributed by atoms with E-state index in [2.05, 4.69) is 10.1 Å². The first kappa shape index (κ1) is 19.8. The van der Waals surface area contributed by atoms with Gasteiger partial charge in [-0.05, 0) is 35.9 Å². The van der Waals surface area contributed by atoms with E-state index in [1.165, 1.54) is 19.2 Å². The van der Waals surface area contributed by atoms with Crippen LogP contribution in [0.2, 0.25) is 0 Å². The number of rotatable bonds is 6. The average molecular weight is 380 g/mol. The Bertz CT molecular complexity index is 923. The van der Waals surface area contributed by atoms with Crippen LogP contribution < -0.4 is 14.8 Å². The molecular formula is C18H12F4N2O3. The van der Waals surface area contributed by atoms with Crippen LogP contribution in [-0.4, -0.2) is 19.6 Å². The van der Waals surface area contributed by atoms with Gasteiger partial charge in [-0.1, -0.05) is 6.07 Å². The van der Waals surface area contributed by atoms with E-state index in [0.29, 0.717) is 6.07 Å². The van der Waals surface area contributed by atoms with E-state index in [1.54, 1.807) is 6.07 Å². The van der Waals surface area contributed by atoms with Crippen LogP contribution in [0.25, 0.3) is 6.08 Å². The number of hydrogen-bond acceptors (Lipinski definition) is 4. The molecule has 0 saturated heterocycles. The van der Waals surface area contributed by atoms with Gasteiger partial charge in [0, 0.05) is 6.07 Å². The van der Waals surface area contributed by atoms with Crippen molar-refractivity contribution in [2.24, 2.45) is 0 Å². The van der Waals surface area contributed by atoms with E-state index in [4.69, 9.17) is 10.00 Å². The number of ether oxygens (including phenoxy) is 2. The van der Waals surface area contributed by atoms with Crippen LogP contribution in [-0.2, 0) is 4.79 Å². The van der Waals surface area contributed by atoms with Crippen LogP contribution in [0.15, 0.2) is 42.0 Å². The Balaban J connectivity index is 2.29. The number of halogens is 4. The number of benzene rings is 2. The van der Waals surface area contributed by atoms with Gasteiger partial charge in [-0.3, -0.25) is 4.79 Å². The van der Waals surface area contributed by atoms with Crippen LogP contribution in [0.5, 0.6) is 11.5 Å². The number of nitrogens with zero attached hydrogens (tertiary/aromatic N) is 1. The third kappa shape index (κ3) is 5.22. The Kier molecular flexibility index (Phi) is 6.38. The summed E-state index contributed by atoms with van der Waals surface area (Å²) in [5.41, 5.74) is -0.566. The largest absolute Gasteiger partial charge is 0.493 e. The summed E-state index contributed by atoms with van der Waals surface area (Å²) in [5.74, 6) is -3.06. The predicted octanol–water partition coefficient (Wildman–Crippen LogP) is 4.12. The molecule has 0 aliphatic rings. The molecule has 0 fully saturated rings. The van der Waals surface area contributed by atoms with Crippen LogP contribution in [0.1, 0.15) is 5.56 Å². The van der Waals surface area contributed by atoms with E-state index in [1.807, 2.05) is 0 Å². The van der Waals surface area contributed by atoms with Gasteiger partial charge in [0.1, 0.15) is 23.3 Å². The molecule has 9 heteroatoms. The number of carbonyl (C=O) groups excluding carboxylic acids is 1. The highest BCUT2D eigenvalue weighted by Crippen LogP contribution is 2.30. The summed E-state index contributed by atoms with van der Waals surface area (Å²) in [7, 11) is 1.26. The lowest BCUT2D eigenvalue weighted by Crippen LogP contribution is -2.14. The molecule has 0 aromatic heterocycles. The quantitative estimate of drug-likeness (QED) is 0.465. The molecule has 0 radical (unpaired) electrons. The molecule has 140 valence electrons. The Labute approximate surface area is 151 Å². The number of alkyl halides is 2. The Morgan fingerprint density at radius 2 is 1.93 bits per heavy atom. The van der Waals surface area contributed by atoms with Crippen molar-refractivity contribution in [2.45, 2.75) is 6.61 Å². The zero-order valence-corrected chi connectivity index (χ0v) is 13.8. The third-order valence-corrected chi connectivity index (χ3v) is 3.26. The van der Waals surface area contributed by atoms with Crippen molar-refractivity contribution < 1.29 is 31.8 Å². The van der Waals surface area contributed by atoms with E-state index < -0.39 is 29.7 Å². The first-order valence-corrected chi connectivity index (χ1v) is 7.35. The summed E-state index contributed by atoms with van der Waals surface area (Å²) >= 11 is 0. The SMILES string of the molecule is COc1ccc(/C=C(\C#N)C(=O)Nc2ccc(F)cc2F)cc1OC(F)F. The first-order chi connectivity index (χ1) is 12.8. The maximum atomic E-state index is 13.6. The molecule has 2 aromatic carbocycles. The number of nitriles is 1. The zero-order valence-electron chi connectivity index (χ0n) is 13.8. The van der Waals surface area contributed by atoms with Crippen molar-refractivity contribution in [1.82, 2.24) is 0 Å². The fourth-order valence-electron chi connectivity index (χ4n) is 2.07. The molecule has 0 bridgehead atoms. The van der Waals surface area contributed by atoms with Crippen LogP contribution in [0, 0.1) is 23.0 Å². The summed E-state index contributed by atoms with van der Waals surface area (Å²) in [6.07, 6.45) is 1.09. The predicted molar refractivity (Wildman–Crippen MR) is 88.2 cm³/mol. The molecule has 2 aromatic rings. The Morgan fingerprint density at radius 3 is 2.52 bits per heavy atom. The van der Waals surface area contributed by atoms with Crippen molar-refractivity contribution in [3.63, 3.8) is 0 Å². The zero-order chi connectivity index (χ0) is 20.0. The second kappa shape index (κ2) is 8.71. The highest BCUT2D eigenvalue weighted by Gasteiger charge is 2.15. The molecule has 1 N–H and O–H groups in total. The number of hydrogen-bond donors (Lipinski definition) is 1. The lowest BCUT2D eigenvalue weighted by Gasteiger charge is -2.10. The Hall–Kier alpha value is -3.54. The van der Waals surface area contributed by atoms with Gasteiger partial charge in [0.15, 0.2) is 11.5 Å². The molecule has 0 atom stereocenters. The summed E-state index contributed by atoms with van der Waals surface area (Å²) < 4.78 is 60.6. The van der Waals surface area contributed by atoms with E-state index in [0.717, 1.165) is 24.3 Å². The summed E-state index contributed by atoms with van der Waals surface area (Å²) in [4.78, 5) is 12.1. The van der Waals surface area contributed by atoms with Crippen LogP contribution in [0.4, 0.5) is 23.2 Å². The first-order valence-electron chi connectivity index (χ1n) is 7.35. The second-order valence-corrected chi connectivity index (χ2v) is 5.04. The fourth-order valence-corrected chi connectivity index (χ4v) is 2.07. The molecular weight excluding hydrogens is 368 g/mol.